The van der Waals surface area contributed by atoms with Crippen molar-refractivity contribution < 1.29 is 19.1 Å². The van der Waals surface area contributed by atoms with Crippen LogP contribution in [0.1, 0.15) is 88.4 Å². The molecule has 0 radical (unpaired) electrons. The highest BCUT2D eigenvalue weighted by atomic mass is 16.5. The molecule has 1 aromatic carbocycles. The number of carbonyl (C=O) groups is 2. The zero-order chi connectivity index (χ0) is 19.0. The molecule has 0 aromatic heterocycles. The van der Waals surface area contributed by atoms with Crippen molar-refractivity contribution >= 4 is 11.8 Å². The molecule has 1 rings (SSSR count). The summed E-state index contributed by atoms with van der Waals surface area (Å²) in [5, 5.41) is 0. The number of hydrogen-bond donors (Lipinski definition) is 0. The van der Waals surface area contributed by atoms with E-state index in [-0.39, 0.29) is 11.8 Å². The summed E-state index contributed by atoms with van der Waals surface area (Å²) in [5.41, 5.74) is 0.727. The Morgan fingerprint density at radius 3 is 2.15 bits per heavy atom. The molecule has 0 fully saturated rings. The van der Waals surface area contributed by atoms with Crippen molar-refractivity contribution in [2.45, 2.75) is 78.1 Å². The van der Waals surface area contributed by atoms with Gasteiger partial charge < -0.3 is 9.47 Å². The fraction of sp³-hybridized carbons (Fsp3) is 0.636. The molecule has 0 bridgehead atoms. The third-order valence-corrected chi connectivity index (χ3v) is 4.28. The number of ketones is 1. The molecule has 0 atom stereocenters. The lowest BCUT2D eigenvalue weighted by Crippen LogP contribution is -2.04. The van der Waals surface area contributed by atoms with Crippen LogP contribution in [0.5, 0.6) is 5.75 Å². The molecular weight excluding hydrogens is 328 g/mol. The molecule has 0 aliphatic rings. The van der Waals surface area contributed by atoms with Crippen molar-refractivity contribution in [2.75, 3.05) is 13.2 Å². The third kappa shape index (κ3) is 10.2. The summed E-state index contributed by atoms with van der Waals surface area (Å²) in [6, 6.07) is 7.43. The Kier molecular flexibility index (Phi) is 12.2. The van der Waals surface area contributed by atoms with E-state index in [2.05, 4.69) is 6.92 Å². The molecule has 4 nitrogen and oxygen atoms in total. The van der Waals surface area contributed by atoms with E-state index in [0.29, 0.717) is 19.4 Å². The summed E-state index contributed by atoms with van der Waals surface area (Å²) >= 11 is 0. The van der Waals surface area contributed by atoms with Crippen LogP contribution in [0.4, 0.5) is 0 Å². The van der Waals surface area contributed by atoms with Gasteiger partial charge in [0.25, 0.3) is 0 Å². The summed E-state index contributed by atoms with van der Waals surface area (Å²) in [7, 11) is 0. The van der Waals surface area contributed by atoms with Crippen LogP contribution in [0.2, 0.25) is 0 Å². The Hall–Kier alpha value is -1.84. The molecule has 26 heavy (non-hydrogen) atoms. The lowest BCUT2D eigenvalue weighted by atomic mass is 10.0. The second-order valence-electron chi connectivity index (χ2n) is 6.58. The van der Waals surface area contributed by atoms with E-state index in [1.807, 2.05) is 24.3 Å². The monoisotopic (exact) mass is 362 g/mol. The van der Waals surface area contributed by atoms with E-state index in [9.17, 15) is 9.59 Å². The van der Waals surface area contributed by atoms with Gasteiger partial charge >= 0.3 is 5.97 Å². The highest BCUT2D eigenvalue weighted by Crippen LogP contribution is 2.16. The fourth-order valence-corrected chi connectivity index (χ4v) is 2.74. The topological polar surface area (TPSA) is 52.6 Å². The van der Waals surface area contributed by atoms with Crippen molar-refractivity contribution in [1.29, 1.82) is 0 Å². The largest absolute Gasteiger partial charge is 0.494 e. The minimum absolute atomic E-state index is 0.146. The van der Waals surface area contributed by atoms with Crippen molar-refractivity contribution in [3.63, 3.8) is 0 Å². The first-order valence-electron chi connectivity index (χ1n) is 10.1. The van der Waals surface area contributed by atoms with Crippen LogP contribution >= 0.6 is 0 Å². The molecular formula is C22H34O4. The van der Waals surface area contributed by atoms with Gasteiger partial charge in [-0.2, -0.15) is 0 Å². The average molecular weight is 363 g/mol. The molecule has 1 aromatic rings. The summed E-state index contributed by atoms with van der Waals surface area (Å²) < 4.78 is 10.6. The number of hydrogen-bond acceptors (Lipinski definition) is 4. The van der Waals surface area contributed by atoms with E-state index in [4.69, 9.17) is 9.47 Å². The van der Waals surface area contributed by atoms with Crippen LogP contribution in [0.25, 0.3) is 0 Å². The van der Waals surface area contributed by atoms with Crippen LogP contribution in [-0.2, 0) is 9.53 Å². The maximum Gasteiger partial charge on any atom is 0.305 e. The summed E-state index contributed by atoms with van der Waals surface area (Å²) in [5.74, 6) is 0.818. The maximum absolute atomic E-state index is 12.2. The number of unbranched alkanes of at least 4 members (excludes halogenated alkanes) is 6. The second kappa shape index (κ2) is 14.3. The van der Waals surface area contributed by atoms with Gasteiger partial charge in [-0.25, -0.2) is 0 Å². The molecule has 0 N–H and O–H groups in total. The van der Waals surface area contributed by atoms with E-state index < -0.39 is 0 Å². The van der Waals surface area contributed by atoms with Crippen molar-refractivity contribution in [2.24, 2.45) is 0 Å². The van der Waals surface area contributed by atoms with Crippen LogP contribution in [0.15, 0.2) is 24.3 Å². The van der Waals surface area contributed by atoms with Gasteiger partial charge in [0.15, 0.2) is 5.78 Å². The van der Waals surface area contributed by atoms with Gasteiger partial charge in [0.1, 0.15) is 5.75 Å². The molecule has 0 saturated carbocycles. The first kappa shape index (κ1) is 22.2. The van der Waals surface area contributed by atoms with Gasteiger partial charge in [-0.15, -0.1) is 0 Å². The normalized spacial score (nSPS) is 10.5. The van der Waals surface area contributed by atoms with E-state index in [1.165, 1.54) is 25.7 Å². The molecule has 0 unspecified atom stereocenters. The van der Waals surface area contributed by atoms with Gasteiger partial charge in [-0.05, 0) is 50.5 Å². The van der Waals surface area contributed by atoms with Gasteiger partial charge in [0.2, 0.25) is 0 Å². The first-order chi connectivity index (χ1) is 12.7. The lowest BCUT2D eigenvalue weighted by molar-refractivity contribution is -0.143. The molecule has 4 heteroatoms. The Labute approximate surface area is 158 Å². The van der Waals surface area contributed by atoms with E-state index >= 15 is 0 Å². The van der Waals surface area contributed by atoms with Gasteiger partial charge in [-0.3, -0.25) is 9.59 Å². The summed E-state index contributed by atoms with van der Waals surface area (Å²) in [6.45, 7) is 5.18. The number of rotatable bonds is 15. The highest BCUT2D eigenvalue weighted by molar-refractivity contribution is 5.96. The summed E-state index contributed by atoms with van der Waals surface area (Å²) in [4.78, 5) is 23.4. The Balaban J connectivity index is 2.17. The molecule has 146 valence electrons. The van der Waals surface area contributed by atoms with Gasteiger partial charge in [0.05, 0.1) is 13.2 Å². The highest BCUT2D eigenvalue weighted by Gasteiger charge is 2.07. The molecule has 0 saturated heterocycles. The third-order valence-electron chi connectivity index (χ3n) is 4.28. The zero-order valence-corrected chi connectivity index (χ0v) is 16.4. The first-order valence-corrected chi connectivity index (χ1v) is 10.1. The van der Waals surface area contributed by atoms with Crippen LogP contribution in [-0.4, -0.2) is 25.0 Å². The van der Waals surface area contributed by atoms with Crippen LogP contribution in [0, 0.1) is 0 Å². The van der Waals surface area contributed by atoms with Crippen molar-refractivity contribution in [3.8, 4) is 5.75 Å². The molecule has 0 amide bonds. The number of benzene rings is 1. The quantitative estimate of drug-likeness (QED) is 0.227. The summed E-state index contributed by atoms with van der Waals surface area (Å²) in [6.07, 6.45) is 9.49. The fourth-order valence-electron chi connectivity index (χ4n) is 2.74. The van der Waals surface area contributed by atoms with E-state index in [1.54, 1.807) is 6.92 Å². The smallest absolute Gasteiger partial charge is 0.305 e. The van der Waals surface area contributed by atoms with Crippen LogP contribution < -0.4 is 4.74 Å². The molecule has 0 heterocycles. The van der Waals surface area contributed by atoms with Gasteiger partial charge in [-0.1, -0.05) is 39.0 Å². The van der Waals surface area contributed by atoms with Crippen LogP contribution in [0.3, 0.4) is 0 Å². The average Bonchev–Trinajstić information content (AvgIpc) is 2.65. The SMILES string of the molecule is CCCCCCCOc1ccc(C(=O)CCCCCC(=O)OCC)cc1. The van der Waals surface area contributed by atoms with Crippen molar-refractivity contribution in [3.05, 3.63) is 29.8 Å². The molecule has 0 aliphatic heterocycles. The minimum atomic E-state index is -0.153. The number of carbonyl (C=O) groups excluding carboxylic acids is 2. The molecule has 0 aliphatic carbocycles. The predicted octanol–water partition coefficient (Wildman–Crippen LogP) is 5.73. The Morgan fingerprint density at radius 2 is 1.46 bits per heavy atom. The number of esters is 1. The second-order valence-corrected chi connectivity index (χ2v) is 6.58. The van der Waals surface area contributed by atoms with Gasteiger partial charge in [0, 0.05) is 18.4 Å². The maximum atomic E-state index is 12.2. The Bertz CT molecular complexity index is 507. The van der Waals surface area contributed by atoms with Crippen molar-refractivity contribution in [1.82, 2.24) is 0 Å². The predicted molar refractivity (Wildman–Crippen MR) is 105 cm³/mol. The molecule has 0 spiro atoms. The lowest BCUT2D eigenvalue weighted by Gasteiger charge is -2.07. The van der Waals surface area contributed by atoms with E-state index in [0.717, 1.165) is 43.6 Å². The standard InChI is InChI=1S/C22H34O4/c1-3-5-6-7-11-18-26-20-16-14-19(15-17-20)21(23)12-9-8-10-13-22(24)25-4-2/h14-17H,3-13,18H2,1-2H3. The zero-order valence-electron chi connectivity index (χ0n) is 16.4. The number of Topliss-reactive ketones (excluding diaryl/α,β-unsaturated/α-hetero) is 1. The Morgan fingerprint density at radius 1 is 0.808 bits per heavy atom. The number of ether oxygens (including phenoxy) is 2. The minimum Gasteiger partial charge on any atom is -0.494 e.